The van der Waals surface area contributed by atoms with Crippen LogP contribution in [0.4, 0.5) is 11.4 Å². The van der Waals surface area contributed by atoms with Crippen molar-refractivity contribution in [2.24, 2.45) is 0 Å². The van der Waals surface area contributed by atoms with Crippen LogP contribution < -0.4 is 5.32 Å². The zero-order chi connectivity index (χ0) is 14.5. The van der Waals surface area contributed by atoms with E-state index in [0.29, 0.717) is 11.3 Å². The summed E-state index contributed by atoms with van der Waals surface area (Å²) in [6.45, 7) is 1.47. The van der Waals surface area contributed by atoms with E-state index in [1.54, 1.807) is 24.1 Å². The van der Waals surface area contributed by atoms with Crippen LogP contribution in [-0.4, -0.2) is 35.9 Å². The second kappa shape index (κ2) is 6.36. The summed E-state index contributed by atoms with van der Waals surface area (Å²) in [5.74, 6) is -0.113. The van der Waals surface area contributed by atoms with Crippen LogP contribution in [-0.2, 0) is 0 Å². The number of carbonyl (C=O) groups excluding carboxylic acids is 1. The first kappa shape index (κ1) is 14.3. The molecule has 1 aromatic carbocycles. The van der Waals surface area contributed by atoms with Gasteiger partial charge in [-0.15, -0.1) is 0 Å². The second-order valence-electron chi connectivity index (χ2n) is 4.95. The van der Waals surface area contributed by atoms with Crippen LogP contribution in [0.25, 0.3) is 0 Å². The minimum atomic E-state index is -0.467. The summed E-state index contributed by atoms with van der Waals surface area (Å²) in [7, 11) is 1.62. The van der Waals surface area contributed by atoms with Crippen LogP contribution in [0.1, 0.15) is 36.0 Å². The van der Waals surface area contributed by atoms with Gasteiger partial charge in [0.05, 0.1) is 4.92 Å². The number of amides is 1. The van der Waals surface area contributed by atoms with E-state index in [1.165, 1.54) is 6.07 Å². The molecule has 108 valence electrons. The number of rotatable bonds is 3. The zero-order valence-electron chi connectivity index (χ0n) is 11.6. The minimum absolute atomic E-state index is 0.0619. The van der Waals surface area contributed by atoms with Gasteiger partial charge in [0.1, 0.15) is 5.69 Å². The molecule has 1 fully saturated rings. The average molecular weight is 277 g/mol. The first-order valence-electron chi connectivity index (χ1n) is 6.89. The second-order valence-corrected chi connectivity index (χ2v) is 4.95. The van der Waals surface area contributed by atoms with Crippen molar-refractivity contribution >= 4 is 17.3 Å². The maximum absolute atomic E-state index is 12.4. The van der Waals surface area contributed by atoms with Gasteiger partial charge in [-0.25, -0.2) is 0 Å². The van der Waals surface area contributed by atoms with Gasteiger partial charge in [0.25, 0.3) is 11.6 Å². The van der Waals surface area contributed by atoms with Crippen molar-refractivity contribution in [2.45, 2.75) is 25.7 Å². The lowest BCUT2D eigenvalue weighted by Crippen LogP contribution is -2.31. The molecule has 0 atom stereocenters. The lowest BCUT2D eigenvalue weighted by molar-refractivity contribution is -0.384. The van der Waals surface area contributed by atoms with Crippen molar-refractivity contribution in [3.63, 3.8) is 0 Å². The number of nitrogens with one attached hydrogen (secondary N) is 1. The molecule has 0 saturated carbocycles. The fraction of sp³-hybridized carbons (Fsp3) is 0.500. The Balaban J connectivity index is 2.25. The molecule has 1 aliphatic rings. The van der Waals surface area contributed by atoms with Crippen molar-refractivity contribution in [3.05, 3.63) is 33.9 Å². The molecule has 6 heteroatoms. The standard InChI is InChI=1S/C14H19N3O3/c1-15-12-7-6-11(10-13(12)17(19)20)14(18)16-8-4-2-3-5-9-16/h6-7,10,15H,2-5,8-9H2,1H3. The van der Waals surface area contributed by atoms with Crippen LogP contribution in [0, 0.1) is 10.1 Å². The first-order chi connectivity index (χ1) is 9.63. The van der Waals surface area contributed by atoms with Crippen LogP contribution in [0.5, 0.6) is 0 Å². The lowest BCUT2D eigenvalue weighted by Gasteiger charge is -2.20. The summed E-state index contributed by atoms with van der Waals surface area (Å²) in [5, 5.41) is 13.8. The molecular weight excluding hydrogens is 258 g/mol. The van der Waals surface area contributed by atoms with E-state index in [-0.39, 0.29) is 11.6 Å². The largest absolute Gasteiger partial charge is 0.383 e. The quantitative estimate of drug-likeness (QED) is 0.680. The van der Waals surface area contributed by atoms with E-state index >= 15 is 0 Å². The highest BCUT2D eigenvalue weighted by atomic mass is 16.6. The van der Waals surface area contributed by atoms with E-state index in [4.69, 9.17) is 0 Å². The number of nitro groups is 1. The Labute approximate surface area is 117 Å². The molecule has 0 spiro atoms. The van der Waals surface area contributed by atoms with Crippen molar-refractivity contribution in [2.75, 3.05) is 25.5 Å². The summed E-state index contributed by atoms with van der Waals surface area (Å²) in [5.41, 5.74) is 0.744. The van der Waals surface area contributed by atoms with Crippen molar-refractivity contribution in [1.29, 1.82) is 0 Å². The number of nitro benzene ring substituents is 1. The molecule has 2 rings (SSSR count). The Kier molecular flexibility index (Phi) is 4.55. The number of carbonyl (C=O) groups is 1. The van der Waals surface area contributed by atoms with Crippen molar-refractivity contribution < 1.29 is 9.72 Å². The molecule has 0 radical (unpaired) electrons. The van der Waals surface area contributed by atoms with Gasteiger partial charge in [0, 0.05) is 31.8 Å². The van der Waals surface area contributed by atoms with Gasteiger partial charge in [0.15, 0.2) is 0 Å². The number of benzene rings is 1. The molecular formula is C14H19N3O3. The highest BCUT2D eigenvalue weighted by Crippen LogP contribution is 2.26. The molecule has 1 saturated heterocycles. The normalized spacial score (nSPS) is 15.6. The van der Waals surface area contributed by atoms with Crippen LogP contribution >= 0.6 is 0 Å². The molecule has 1 amide bonds. The monoisotopic (exact) mass is 277 g/mol. The highest BCUT2D eigenvalue weighted by Gasteiger charge is 2.21. The molecule has 1 aliphatic heterocycles. The molecule has 1 aromatic rings. The molecule has 0 aliphatic carbocycles. The predicted octanol–water partition coefficient (Wildman–Crippen LogP) is 2.65. The molecule has 1 heterocycles. The Hall–Kier alpha value is -2.11. The molecule has 0 unspecified atom stereocenters. The SMILES string of the molecule is CNc1ccc(C(=O)N2CCCCCC2)cc1[N+](=O)[O-]. The number of anilines is 1. The highest BCUT2D eigenvalue weighted by molar-refractivity contribution is 5.95. The van der Waals surface area contributed by atoms with Gasteiger partial charge in [0.2, 0.25) is 0 Å². The number of hydrogen-bond donors (Lipinski definition) is 1. The summed E-state index contributed by atoms with van der Waals surface area (Å²) >= 11 is 0. The van der Waals surface area contributed by atoms with E-state index < -0.39 is 4.92 Å². The number of hydrogen-bond acceptors (Lipinski definition) is 4. The third kappa shape index (κ3) is 3.07. The fourth-order valence-corrected chi connectivity index (χ4v) is 2.48. The molecule has 6 nitrogen and oxygen atoms in total. The molecule has 20 heavy (non-hydrogen) atoms. The van der Waals surface area contributed by atoms with Gasteiger partial charge in [-0.05, 0) is 25.0 Å². The van der Waals surface area contributed by atoms with E-state index in [0.717, 1.165) is 38.8 Å². The van der Waals surface area contributed by atoms with E-state index in [9.17, 15) is 14.9 Å². The Bertz CT molecular complexity index is 508. The summed E-state index contributed by atoms with van der Waals surface area (Å²) in [6.07, 6.45) is 4.29. The van der Waals surface area contributed by atoms with Crippen LogP contribution in [0.3, 0.4) is 0 Å². The van der Waals surface area contributed by atoms with Crippen molar-refractivity contribution in [1.82, 2.24) is 4.90 Å². The zero-order valence-corrected chi connectivity index (χ0v) is 11.6. The Morgan fingerprint density at radius 2 is 1.90 bits per heavy atom. The topological polar surface area (TPSA) is 75.5 Å². The van der Waals surface area contributed by atoms with E-state index in [2.05, 4.69) is 5.32 Å². The van der Waals surface area contributed by atoms with Crippen molar-refractivity contribution in [3.8, 4) is 0 Å². The first-order valence-corrected chi connectivity index (χ1v) is 6.89. The maximum Gasteiger partial charge on any atom is 0.293 e. The number of likely N-dealkylation sites (tertiary alicyclic amines) is 1. The van der Waals surface area contributed by atoms with Gasteiger partial charge >= 0.3 is 0 Å². The third-order valence-electron chi connectivity index (χ3n) is 3.60. The fourth-order valence-electron chi connectivity index (χ4n) is 2.48. The molecule has 0 aromatic heterocycles. The summed E-state index contributed by atoms with van der Waals surface area (Å²) in [6, 6.07) is 4.59. The Morgan fingerprint density at radius 1 is 1.25 bits per heavy atom. The van der Waals surface area contributed by atoms with Gasteiger partial charge in [-0.2, -0.15) is 0 Å². The third-order valence-corrected chi connectivity index (χ3v) is 3.60. The molecule has 0 bridgehead atoms. The molecule has 1 N–H and O–H groups in total. The number of nitrogens with zero attached hydrogens (tertiary/aromatic N) is 2. The lowest BCUT2D eigenvalue weighted by atomic mass is 10.1. The van der Waals surface area contributed by atoms with Gasteiger partial charge in [-0.1, -0.05) is 12.8 Å². The van der Waals surface area contributed by atoms with Gasteiger partial charge < -0.3 is 10.2 Å². The van der Waals surface area contributed by atoms with Crippen LogP contribution in [0.15, 0.2) is 18.2 Å². The summed E-state index contributed by atoms with van der Waals surface area (Å²) in [4.78, 5) is 24.8. The summed E-state index contributed by atoms with van der Waals surface area (Å²) < 4.78 is 0. The van der Waals surface area contributed by atoms with Crippen LogP contribution in [0.2, 0.25) is 0 Å². The minimum Gasteiger partial charge on any atom is -0.383 e. The Morgan fingerprint density at radius 3 is 2.45 bits per heavy atom. The predicted molar refractivity (Wildman–Crippen MR) is 77.0 cm³/mol. The maximum atomic E-state index is 12.4. The van der Waals surface area contributed by atoms with E-state index in [1.807, 2.05) is 0 Å². The average Bonchev–Trinajstić information content (AvgIpc) is 2.74. The van der Waals surface area contributed by atoms with Gasteiger partial charge in [-0.3, -0.25) is 14.9 Å². The smallest absolute Gasteiger partial charge is 0.293 e.